The Hall–Kier alpha value is -3.45. The monoisotopic (exact) mass is 415 g/mol. The molecule has 1 aliphatic heterocycles. The van der Waals surface area contributed by atoms with Gasteiger partial charge in [-0.3, -0.25) is 9.97 Å². The summed E-state index contributed by atoms with van der Waals surface area (Å²) in [6.07, 6.45) is 7.41. The maximum absolute atomic E-state index is 5.76. The van der Waals surface area contributed by atoms with Gasteiger partial charge in [-0.25, -0.2) is 0 Å². The van der Waals surface area contributed by atoms with Crippen LogP contribution in [0.25, 0.3) is 0 Å². The summed E-state index contributed by atoms with van der Waals surface area (Å²) >= 11 is 5.76. The quantitative estimate of drug-likeness (QED) is 0.479. The van der Waals surface area contributed by atoms with Gasteiger partial charge >= 0.3 is 0 Å². The molecule has 4 aromatic heterocycles. The van der Waals surface area contributed by atoms with Gasteiger partial charge in [-0.2, -0.15) is 0 Å². The van der Waals surface area contributed by atoms with E-state index in [2.05, 4.69) is 43.1 Å². The van der Waals surface area contributed by atoms with Crippen molar-refractivity contribution in [2.45, 2.75) is 25.2 Å². The molecule has 2 atom stereocenters. The fourth-order valence-electron chi connectivity index (χ4n) is 3.97. The van der Waals surface area contributed by atoms with E-state index in [4.69, 9.17) is 16.6 Å². The molecule has 5 rings (SSSR count). The number of nitrogens with zero attached hydrogens (tertiary/aromatic N) is 4. The molecule has 0 unspecified atom stereocenters. The van der Waals surface area contributed by atoms with Crippen LogP contribution in [0.15, 0.2) is 89.9 Å². The van der Waals surface area contributed by atoms with E-state index in [-0.39, 0.29) is 12.1 Å². The first-order valence-electron chi connectivity index (χ1n) is 9.85. The van der Waals surface area contributed by atoms with E-state index < -0.39 is 0 Å². The molecule has 0 radical (unpaired) electrons. The van der Waals surface area contributed by atoms with E-state index >= 15 is 0 Å². The summed E-state index contributed by atoms with van der Waals surface area (Å²) < 4.78 is 7.79. The van der Waals surface area contributed by atoms with Gasteiger partial charge in [0.05, 0.1) is 42.8 Å². The first kappa shape index (κ1) is 18.6. The lowest BCUT2D eigenvalue weighted by Gasteiger charge is -2.28. The average Bonchev–Trinajstić information content (AvgIpc) is 3.52. The van der Waals surface area contributed by atoms with E-state index in [9.17, 15) is 0 Å². The molecule has 1 aliphatic rings. The van der Waals surface area contributed by atoms with Gasteiger partial charge in [-0.05, 0) is 60.7 Å². The number of rotatable bonds is 6. The van der Waals surface area contributed by atoms with Gasteiger partial charge in [0.2, 0.25) is 0 Å². The molecule has 0 aromatic carbocycles. The second-order valence-electron chi connectivity index (χ2n) is 7.22. The van der Waals surface area contributed by atoms with Crippen LogP contribution in [0.3, 0.4) is 0 Å². The molecule has 0 saturated carbocycles. The minimum atomic E-state index is -0.0623. The number of pyridine rings is 2. The topological polar surface area (TPSA) is 59.1 Å². The largest absolute Gasteiger partial charge is 0.467 e. The first-order valence-corrected chi connectivity index (χ1v) is 10.3. The van der Waals surface area contributed by atoms with Crippen molar-refractivity contribution in [1.82, 2.24) is 24.8 Å². The van der Waals surface area contributed by atoms with Gasteiger partial charge in [0.25, 0.3) is 0 Å². The average molecular weight is 416 g/mol. The summed E-state index contributed by atoms with van der Waals surface area (Å²) in [5.74, 6) is 0.909. The Labute approximate surface area is 180 Å². The van der Waals surface area contributed by atoms with Crippen LogP contribution in [0.4, 0.5) is 0 Å². The first-order chi connectivity index (χ1) is 14.8. The molecule has 5 heterocycles. The molecular formula is C23H21N5OS. The Morgan fingerprint density at radius 2 is 1.80 bits per heavy atom. The molecule has 6 nitrogen and oxygen atoms in total. The number of thiocarbonyl (C=S) groups is 1. The zero-order chi connectivity index (χ0) is 20.3. The fourth-order valence-corrected chi connectivity index (χ4v) is 4.28. The van der Waals surface area contributed by atoms with Crippen molar-refractivity contribution in [2.75, 3.05) is 0 Å². The third-order valence-corrected chi connectivity index (χ3v) is 5.68. The van der Waals surface area contributed by atoms with Crippen LogP contribution in [0, 0.1) is 0 Å². The molecule has 1 saturated heterocycles. The highest BCUT2D eigenvalue weighted by atomic mass is 32.1. The Kier molecular flexibility index (Phi) is 5.03. The van der Waals surface area contributed by atoms with Crippen molar-refractivity contribution in [3.63, 3.8) is 0 Å². The number of aromatic nitrogens is 3. The third-order valence-electron chi connectivity index (χ3n) is 5.33. The molecule has 1 N–H and O–H groups in total. The van der Waals surface area contributed by atoms with Gasteiger partial charge in [0.1, 0.15) is 5.76 Å². The van der Waals surface area contributed by atoms with Gasteiger partial charge in [0.15, 0.2) is 5.11 Å². The zero-order valence-corrected chi connectivity index (χ0v) is 17.1. The van der Waals surface area contributed by atoms with E-state index in [0.29, 0.717) is 18.2 Å². The third kappa shape index (κ3) is 3.59. The summed E-state index contributed by atoms with van der Waals surface area (Å²) in [5.41, 5.74) is 3.07. The smallest absolute Gasteiger partial charge is 0.170 e. The molecule has 30 heavy (non-hydrogen) atoms. The molecule has 4 aromatic rings. The minimum absolute atomic E-state index is 0.0284. The maximum Gasteiger partial charge on any atom is 0.170 e. The second kappa shape index (κ2) is 8.12. The standard InChI is InChI=1S/C23H21N5OS/c30-23-26-21(19-9-2-4-12-25-19)22(28(23)15-17-7-1-3-11-24-17)20-10-5-13-27(20)16-18-8-6-14-29-18/h1-14,21-22H,15-16H2,(H,26,30)/t21-,22+/m1/s1. The number of furan rings is 1. The highest BCUT2D eigenvalue weighted by molar-refractivity contribution is 7.80. The molecule has 0 bridgehead atoms. The Morgan fingerprint density at radius 3 is 2.53 bits per heavy atom. The molecule has 150 valence electrons. The SMILES string of the molecule is S=C1N[C@H](c2ccccn2)[C@H](c2cccn2Cc2ccco2)N1Cc1ccccn1. The van der Waals surface area contributed by atoms with Crippen LogP contribution in [-0.4, -0.2) is 24.5 Å². The van der Waals surface area contributed by atoms with E-state index in [1.54, 1.807) is 6.26 Å². The van der Waals surface area contributed by atoms with Crippen molar-refractivity contribution < 1.29 is 4.42 Å². The van der Waals surface area contributed by atoms with Gasteiger partial charge in [0, 0.05) is 24.3 Å². The molecular weight excluding hydrogens is 394 g/mol. The fraction of sp³-hybridized carbons (Fsp3) is 0.174. The predicted octanol–water partition coefficient (Wildman–Crippen LogP) is 4.09. The summed E-state index contributed by atoms with van der Waals surface area (Å²) in [4.78, 5) is 11.3. The Morgan fingerprint density at radius 1 is 0.933 bits per heavy atom. The van der Waals surface area contributed by atoms with Crippen LogP contribution < -0.4 is 5.32 Å². The molecule has 1 fully saturated rings. The van der Waals surface area contributed by atoms with E-state index in [1.165, 1.54) is 0 Å². The lowest BCUT2D eigenvalue weighted by molar-refractivity contribution is 0.294. The van der Waals surface area contributed by atoms with E-state index in [0.717, 1.165) is 22.8 Å². The van der Waals surface area contributed by atoms with Crippen molar-refractivity contribution in [1.29, 1.82) is 0 Å². The van der Waals surface area contributed by atoms with Crippen molar-refractivity contribution >= 4 is 17.3 Å². The second-order valence-corrected chi connectivity index (χ2v) is 7.60. The van der Waals surface area contributed by atoms with Crippen molar-refractivity contribution in [2.24, 2.45) is 0 Å². The highest BCUT2D eigenvalue weighted by Gasteiger charge is 2.41. The van der Waals surface area contributed by atoms with Crippen molar-refractivity contribution in [3.8, 4) is 0 Å². The predicted molar refractivity (Wildman–Crippen MR) is 117 cm³/mol. The molecule has 7 heteroatoms. The molecule has 0 amide bonds. The summed E-state index contributed by atoms with van der Waals surface area (Å²) in [5, 5.41) is 4.20. The molecule has 0 spiro atoms. The maximum atomic E-state index is 5.76. The summed E-state index contributed by atoms with van der Waals surface area (Å²) in [7, 11) is 0. The summed E-state index contributed by atoms with van der Waals surface area (Å²) in [6, 6.07) is 19.9. The normalized spacial score (nSPS) is 18.5. The van der Waals surface area contributed by atoms with Gasteiger partial charge < -0.3 is 19.2 Å². The molecule has 0 aliphatic carbocycles. The van der Waals surface area contributed by atoms with Gasteiger partial charge in [-0.15, -0.1) is 0 Å². The Balaban J connectivity index is 1.54. The number of nitrogens with one attached hydrogen (secondary N) is 1. The highest BCUT2D eigenvalue weighted by Crippen LogP contribution is 2.39. The van der Waals surface area contributed by atoms with Crippen LogP contribution in [-0.2, 0) is 13.1 Å². The van der Waals surface area contributed by atoms with E-state index in [1.807, 2.05) is 60.9 Å². The van der Waals surface area contributed by atoms with Crippen LogP contribution in [0.5, 0.6) is 0 Å². The minimum Gasteiger partial charge on any atom is -0.467 e. The zero-order valence-electron chi connectivity index (χ0n) is 16.3. The lowest BCUT2D eigenvalue weighted by Crippen LogP contribution is -2.30. The van der Waals surface area contributed by atoms with Crippen LogP contribution in [0.1, 0.15) is 34.9 Å². The number of hydrogen-bond donors (Lipinski definition) is 1. The van der Waals surface area contributed by atoms with Crippen LogP contribution >= 0.6 is 12.2 Å². The van der Waals surface area contributed by atoms with Crippen LogP contribution in [0.2, 0.25) is 0 Å². The van der Waals surface area contributed by atoms with Gasteiger partial charge in [-0.1, -0.05) is 12.1 Å². The van der Waals surface area contributed by atoms with Crippen molar-refractivity contribution in [3.05, 3.63) is 108 Å². The number of hydrogen-bond acceptors (Lipinski definition) is 4. The summed E-state index contributed by atoms with van der Waals surface area (Å²) in [6.45, 7) is 1.28. The lowest BCUT2D eigenvalue weighted by atomic mass is 10.0. The Bertz CT molecular complexity index is 1110.